The van der Waals surface area contributed by atoms with Gasteiger partial charge in [0.25, 0.3) is 23.6 Å². The fourth-order valence-corrected chi connectivity index (χ4v) is 6.23. The predicted molar refractivity (Wildman–Crippen MR) is 171 cm³/mol. The Bertz CT molecular complexity index is 2080. The minimum absolute atomic E-state index is 0.262. The van der Waals surface area contributed by atoms with Crippen molar-refractivity contribution in [2.24, 2.45) is 0 Å². The molecule has 0 atom stereocenters. The third kappa shape index (κ3) is 3.83. The second kappa shape index (κ2) is 9.74. The molecule has 2 aliphatic heterocycles. The van der Waals surface area contributed by atoms with Crippen LogP contribution >= 0.6 is 0 Å². The number of imide groups is 2. The molecule has 0 spiro atoms. The van der Waals surface area contributed by atoms with Gasteiger partial charge in [0.1, 0.15) is 0 Å². The van der Waals surface area contributed by atoms with Gasteiger partial charge < -0.3 is 5.32 Å². The number of para-hydroxylation sites is 1. The van der Waals surface area contributed by atoms with Gasteiger partial charge in [0.05, 0.1) is 11.4 Å². The van der Waals surface area contributed by atoms with Crippen molar-refractivity contribution in [1.82, 2.24) is 0 Å². The molecule has 0 saturated heterocycles. The Balaban J connectivity index is 1.17. The first-order valence-electron chi connectivity index (χ1n) is 14.3. The summed E-state index contributed by atoms with van der Waals surface area (Å²) in [6.45, 7) is 0. The fourth-order valence-electron chi connectivity index (χ4n) is 6.23. The highest BCUT2D eigenvalue weighted by atomic mass is 16.2. The molecular formula is C37H23N3O4. The molecule has 2 heterocycles. The molecule has 7 heteroatoms. The predicted octanol–water partition coefficient (Wildman–Crippen LogP) is 7.53. The maximum atomic E-state index is 13.9. The fraction of sp³-hybridized carbons (Fsp3) is 0.0270. The molecule has 0 aromatic heterocycles. The minimum atomic E-state index is -0.517. The number of nitrogens with zero attached hydrogens (tertiary/aromatic N) is 2. The van der Waals surface area contributed by atoms with Crippen LogP contribution in [0.3, 0.4) is 0 Å². The van der Waals surface area contributed by atoms with E-state index in [0.717, 1.165) is 33.0 Å². The molecule has 5 aromatic rings. The molecule has 1 N–H and O–H groups in total. The van der Waals surface area contributed by atoms with Gasteiger partial charge in [-0.25, -0.2) is 9.80 Å². The molecule has 1 aliphatic carbocycles. The van der Waals surface area contributed by atoms with Crippen molar-refractivity contribution in [2.45, 2.75) is 6.42 Å². The molecule has 8 rings (SSSR count). The summed E-state index contributed by atoms with van der Waals surface area (Å²) in [6, 6.07) is 30.3. The van der Waals surface area contributed by atoms with Crippen molar-refractivity contribution in [3.8, 4) is 0 Å². The zero-order valence-electron chi connectivity index (χ0n) is 23.3. The number of carbonyl (C=O) groups excluding carboxylic acids is 4. The largest absolute Gasteiger partial charge is 0.355 e. The zero-order chi connectivity index (χ0) is 29.9. The Kier molecular flexibility index (Phi) is 5.67. The van der Waals surface area contributed by atoms with E-state index in [1.165, 1.54) is 0 Å². The monoisotopic (exact) mass is 573 g/mol. The van der Waals surface area contributed by atoms with Gasteiger partial charge in [0, 0.05) is 44.4 Å². The van der Waals surface area contributed by atoms with E-state index in [1.54, 1.807) is 54.6 Å². The minimum Gasteiger partial charge on any atom is -0.355 e. The molecule has 7 nitrogen and oxygen atoms in total. The lowest BCUT2D eigenvalue weighted by Gasteiger charge is -2.32. The molecule has 5 aromatic carbocycles. The third-order valence-corrected chi connectivity index (χ3v) is 8.29. The van der Waals surface area contributed by atoms with Crippen LogP contribution < -0.4 is 15.1 Å². The van der Waals surface area contributed by atoms with Crippen LogP contribution in [0.4, 0.5) is 22.7 Å². The zero-order valence-corrected chi connectivity index (χ0v) is 23.3. The number of hydrogen-bond donors (Lipinski definition) is 1. The number of nitrogens with one attached hydrogen (secondary N) is 1. The Morgan fingerprint density at radius 3 is 1.61 bits per heavy atom. The smallest absolute Gasteiger partial charge is 0.265 e. The number of rotatable bonds is 5. The summed E-state index contributed by atoms with van der Waals surface area (Å²) in [7, 11) is 0. The van der Waals surface area contributed by atoms with Gasteiger partial charge in [0.2, 0.25) is 0 Å². The molecule has 44 heavy (non-hydrogen) atoms. The molecule has 3 aliphatic rings. The summed E-state index contributed by atoms with van der Waals surface area (Å²) in [4.78, 5) is 57.7. The molecular weight excluding hydrogens is 550 g/mol. The lowest BCUT2D eigenvalue weighted by atomic mass is 9.85. The number of allylic oxidation sites excluding steroid dienone is 4. The maximum Gasteiger partial charge on any atom is 0.265 e. The van der Waals surface area contributed by atoms with Gasteiger partial charge in [-0.3, -0.25) is 19.2 Å². The van der Waals surface area contributed by atoms with Crippen molar-refractivity contribution in [3.63, 3.8) is 0 Å². The van der Waals surface area contributed by atoms with Crippen LogP contribution in [0.5, 0.6) is 0 Å². The summed E-state index contributed by atoms with van der Waals surface area (Å²) < 4.78 is 0. The lowest BCUT2D eigenvalue weighted by Crippen LogP contribution is -2.43. The van der Waals surface area contributed by atoms with Crippen LogP contribution in [0.1, 0.15) is 53.4 Å². The van der Waals surface area contributed by atoms with Crippen molar-refractivity contribution in [1.29, 1.82) is 0 Å². The van der Waals surface area contributed by atoms with Gasteiger partial charge >= 0.3 is 0 Å². The molecule has 0 bridgehead atoms. The van der Waals surface area contributed by atoms with Crippen molar-refractivity contribution in [3.05, 3.63) is 149 Å². The SMILES string of the molecule is O=C1c2ccc3c4c(ccc(c24)C(=O)N1c1ccc(C2=CCC=C2)cc1)C(=O)N(c1cccc(Nc2ccccc2)c1)C3=O. The molecule has 210 valence electrons. The molecule has 0 saturated carbocycles. The van der Waals surface area contributed by atoms with Crippen molar-refractivity contribution < 1.29 is 19.2 Å². The van der Waals surface area contributed by atoms with Crippen LogP contribution in [0.25, 0.3) is 16.3 Å². The lowest BCUT2D eigenvalue weighted by molar-refractivity contribution is 0.0873. The van der Waals surface area contributed by atoms with E-state index < -0.39 is 23.6 Å². The normalized spacial score (nSPS) is 15.3. The second-order valence-corrected chi connectivity index (χ2v) is 10.8. The molecule has 0 unspecified atom stereocenters. The average Bonchev–Trinajstić information content (AvgIpc) is 3.59. The van der Waals surface area contributed by atoms with Crippen LogP contribution in [-0.2, 0) is 0 Å². The van der Waals surface area contributed by atoms with E-state index in [1.807, 2.05) is 54.6 Å². The summed E-state index contributed by atoms with van der Waals surface area (Å²) in [5.41, 5.74) is 5.61. The standard InChI is InChI=1S/C37H23N3O4/c41-34-28-17-19-30-33-31(37(44)40(36(30)43)27-12-6-11-25(21-27)38-24-9-2-1-3-10-24)20-18-29(32(28)33)35(42)39(34)26-15-13-23(14-16-26)22-7-4-5-8-22/h1-4,6-21,38H,5H2. The van der Waals surface area contributed by atoms with E-state index in [9.17, 15) is 19.2 Å². The first kappa shape index (κ1) is 25.6. The highest BCUT2D eigenvalue weighted by Gasteiger charge is 2.40. The summed E-state index contributed by atoms with van der Waals surface area (Å²) in [6.07, 6.45) is 7.12. The van der Waals surface area contributed by atoms with Gasteiger partial charge in [-0.1, -0.05) is 54.6 Å². The van der Waals surface area contributed by atoms with Gasteiger partial charge in [-0.15, -0.1) is 0 Å². The highest BCUT2D eigenvalue weighted by Crippen LogP contribution is 2.40. The Morgan fingerprint density at radius 2 is 1.07 bits per heavy atom. The number of benzene rings is 5. The van der Waals surface area contributed by atoms with E-state index in [2.05, 4.69) is 17.5 Å². The Labute approximate surface area is 252 Å². The van der Waals surface area contributed by atoms with Crippen LogP contribution in [-0.4, -0.2) is 23.6 Å². The number of carbonyl (C=O) groups is 4. The molecule has 4 amide bonds. The average molecular weight is 574 g/mol. The van der Waals surface area contributed by atoms with Crippen LogP contribution in [0.2, 0.25) is 0 Å². The first-order valence-corrected chi connectivity index (χ1v) is 14.3. The van der Waals surface area contributed by atoms with E-state index in [4.69, 9.17) is 0 Å². The van der Waals surface area contributed by atoms with E-state index in [0.29, 0.717) is 27.8 Å². The Hall–Kier alpha value is -6.08. The van der Waals surface area contributed by atoms with Crippen LogP contribution in [0.15, 0.2) is 121 Å². The van der Waals surface area contributed by atoms with Gasteiger partial charge in [0.15, 0.2) is 0 Å². The first-order chi connectivity index (χ1) is 21.5. The number of hydrogen-bond acceptors (Lipinski definition) is 5. The number of amides is 4. The van der Waals surface area contributed by atoms with Crippen LogP contribution in [0, 0.1) is 0 Å². The van der Waals surface area contributed by atoms with E-state index >= 15 is 0 Å². The van der Waals surface area contributed by atoms with Gasteiger partial charge in [-0.05, 0) is 84.3 Å². The third-order valence-electron chi connectivity index (χ3n) is 8.29. The summed E-state index contributed by atoms with van der Waals surface area (Å²) in [5, 5.41) is 3.96. The Morgan fingerprint density at radius 1 is 0.523 bits per heavy atom. The van der Waals surface area contributed by atoms with E-state index in [-0.39, 0.29) is 22.3 Å². The van der Waals surface area contributed by atoms with Gasteiger partial charge in [-0.2, -0.15) is 0 Å². The molecule has 0 radical (unpaired) electrons. The van der Waals surface area contributed by atoms with Crippen molar-refractivity contribution in [2.75, 3.05) is 15.1 Å². The van der Waals surface area contributed by atoms with Crippen molar-refractivity contribution >= 4 is 62.7 Å². The summed E-state index contributed by atoms with van der Waals surface area (Å²) >= 11 is 0. The maximum absolute atomic E-state index is 13.9. The summed E-state index contributed by atoms with van der Waals surface area (Å²) in [5.74, 6) is -2.03. The quantitative estimate of drug-likeness (QED) is 0.220. The number of anilines is 4. The topological polar surface area (TPSA) is 86.8 Å². The highest BCUT2D eigenvalue weighted by molar-refractivity contribution is 6.42. The molecule has 0 fully saturated rings. The second-order valence-electron chi connectivity index (χ2n) is 10.8.